The van der Waals surface area contributed by atoms with Gasteiger partial charge >= 0.3 is 0 Å². The van der Waals surface area contributed by atoms with E-state index in [2.05, 4.69) is 57.7 Å². The Labute approximate surface area is 480 Å². The van der Waals surface area contributed by atoms with E-state index in [1.54, 1.807) is 27.9 Å². The first kappa shape index (κ1) is 59.4. The molecule has 5 fully saturated rings. The fourth-order valence-corrected chi connectivity index (χ4v) is 13.0. The maximum Gasteiger partial charge on any atom is 0.253 e. The van der Waals surface area contributed by atoms with Crippen molar-refractivity contribution in [2.45, 2.75) is 139 Å². The minimum absolute atomic E-state index is 0.0373. The number of carbonyl (C=O) groups excluding carboxylic acids is 6. The predicted molar refractivity (Wildman–Crippen MR) is 313 cm³/mol. The second-order valence-corrected chi connectivity index (χ2v) is 23.7. The molecule has 2 unspecified atom stereocenters. The van der Waals surface area contributed by atoms with Gasteiger partial charge in [0.25, 0.3) is 11.8 Å². The third-order valence-corrected chi connectivity index (χ3v) is 18.4. The summed E-state index contributed by atoms with van der Waals surface area (Å²) in [6.07, 6.45) is 18.1. The first-order valence-electron chi connectivity index (χ1n) is 30.3. The predicted octanol–water partition coefficient (Wildman–Crippen LogP) is 6.00. The van der Waals surface area contributed by atoms with Crippen molar-refractivity contribution < 1.29 is 38.2 Å². The zero-order valence-electron chi connectivity index (χ0n) is 48.3. The molecule has 6 amide bonds. The molecule has 0 bridgehead atoms. The number of morpholine rings is 2. The van der Waals surface area contributed by atoms with Crippen LogP contribution in [0.3, 0.4) is 0 Å². The molecule has 3 aromatic rings. The van der Waals surface area contributed by atoms with Crippen molar-refractivity contribution in [1.82, 2.24) is 40.9 Å². The summed E-state index contributed by atoms with van der Waals surface area (Å²) in [6.45, 7) is 7.11. The van der Waals surface area contributed by atoms with Crippen molar-refractivity contribution in [1.29, 1.82) is 0 Å². The van der Waals surface area contributed by atoms with Crippen molar-refractivity contribution in [3.63, 3.8) is 0 Å². The van der Waals surface area contributed by atoms with Crippen LogP contribution >= 0.6 is 0 Å². The highest BCUT2D eigenvalue weighted by atomic mass is 16.5. The standard InChI is InChI=1S/C65H88N8O8/c1-45(66-3)59(74)68-57(49-21-13-7-14-22-49)63(78)72-35-37-80-43-55(72)41-70(33-30-47-17-9-5-10-18-47)61(76)51-25-27-53(28-26-51)65-32-29-52(39-54(65)40-65)62(77)71(34-31-48-19-11-6-12-20-48)42-56-44-81-38-36-73(56)64(79)58(50-23-15-8-16-24-50)69-60(75)46(2)67-4/h5-6,9-12,17-20,25-29,32,39,45-46,49-50,54-58,66-67H,7-8,13-16,21-24,30-31,33-38,40-44H2,1-4H3,(H,68,74)(H,69,75)/t45-,46-,54?,55+,56+,57-,58-,65?/m0/s1. The van der Waals surface area contributed by atoms with Gasteiger partial charge in [0.15, 0.2) is 0 Å². The quantitative estimate of drug-likeness (QED) is 0.0880. The number of benzene rings is 3. The number of likely N-dealkylation sites (N-methyl/N-ethyl adjacent to an activating group) is 2. The van der Waals surface area contributed by atoms with E-state index in [0.717, 1.165) is 87.3 Å². The van der Waals surface area contributed by atoms with Crippen LogP contribution < -0.4 is 21.3 Å². The van der Waals surface area contributed by atoms with Crippen molar-refractivity contribution >= 4 is 35.4 Å². The average Bonchev–Trinajstić information content (AvgIpc) is 4.35. The van der Waals surface area contributed by atoms with Gasteiger partial charge in [-0.3, -0.25) is 28.8 Å². The Morgan fingerprint density at radius 1 is 0.605 bits per heavy atom. The molecule has 0 spiro atoms. The first-order chi connectivity index (χ1) is 39.4. The van der Waals surface area contributed by atoms with E-state index < -0.39 is 36.3 Å². The van der Waals surface area contributed by atoms with Gasteiger partial charge in [-0.15, -0.1) is 0 Å². The van der Waals surface area contributed by atoms with Crippen molar-refractivity contribution in [2.75, 3.05) is 79.8 Å². The van der Waals surface area contributed by atoms with Crippen LogP contribution in [-0.4, -0.2) is 171 Å². The van der Waals surface area contributed by atoms with Crippen LogP contribution in [-0.2, 0) is 51.7 Å². The first-order valence-corrected chi connectivity index (χ1v) is 30.3. The fraction of sp³-hybridized carbons (Fsp3) is 0.569. The molecule has 2 aliphatic heterocycles. The van der Waals surface area contributed by atoms with E-state index in [4.69, 9.17) is 9.47 Å². The molecular weight excluding hydrogens is 1020 g/mol. The van der Waals surface area contributed by atoms with Crippen molar-refractivity contribution in [3.8, 4) is 0 Å². The van der Waals surface area contributed by atoms with Crippen LogP contribution in [0, 0.1) is 17.8 Å². The molecule has 8 atom stereocenters. The topological polar surface area (TPSA) is 182 Å². The fourth-order valence-electron chi connectivity index (χ4n) is 13.0. The summed E-state index contributed by atoms with van der Waals surface area (Å²) in [5, 5.41) is 12.3. The Balaban J connectivity index is 0.904. The maximum absolute atomic E-state index is 14.9. The number of nitrogens with one attached hydrogen (secondary N) is 4. The number of nitrogens with zero attached hydrogens (tertiary/aromatic N) is 4. The van der Waals surface area contributed by atoms with Crippen LogP contribution in [0.1, 0.15) is 112 Å². The Hall–Kier alpha value is -6.20. The molecule has 0 aromatic heterocycles. The lowest BCUT2D eigenvalue weighted by atomic mass is 9.83. The number of hydrogen-bond acceptors (Lipinski definition) is 10. The number of amides is 6. The summed E-state index contributed by atoms with van der Waals surface area (Å²) in [7, 11) is 3.48. The molecule has 4 N–H and O–H groups in total. The summed E-state index contributed by atoms with van der Waals surface area (Å²) in [5.41, 5.74) is 4.13. The summed E-state index contributed by atoms with van der Waals surface area (Å²) < 4.78 is 12.1. The molecule has 3 aromatic carbocycles. The molecule has 6 aliphatic rings. The molecule has 2 saturated heterocycles. The summed E-state index contributed by atoms with van der Waals surface area (Å²) in [4.78, 5) is 93.4. The van der Waals surface area contributed by atoms with E-state index in [0.29, 0.717) is 63.4 Å². The van der Waals surface area contributed by atoms with Gasteiger partial charge in [0.05, 0.1) is 50.6 Å². The summed E-state index contributed by atoms with van der Waals surface area (Å²) in [6, 6.07) is 25.1. The minimum Gasteiger partial charge on any atom is -0.377 e. The van der Waals surface area contributed by atoms with Crippen LogP contribution in [0.25, 0.3) is 0 Å². The number of carbonyl (C=O) groups is 6. The Morgan fingerprint density at radius 3 is 1.51 bits per heavy atom. The van der Waals surface area contributed by atoms with E-state index in [1.165, 1.54) is 0 Å². The van der Waals surface area contributed by atoms with Crippen LogP contribution in [0.15, 0.2) is 109 Å². The van der Waals surface area contributed by atoms with Gasteiger partial charge in [0.2, 0.25) is 23.6 Å². The highest BCUT2D eigenvalue weighted by Gasteiger charge is 2.54. The number of hydrogen-bond donors (Lipinski definition) is 4. The highest BCUT2D eigenvalue weighted by Crippen LogP contribution is 2.58. The third-order valence-electron chi connectivity index (χ3n) is 18.4. The van der Waals surface area contributed by atoms with Gasteiger partial charge in [-0.1, -0.05) is 130 Å². The number of ether oxygens (including phenoxy) is 2. The molecule has 16 nitrogen and oxygen atoms in total. The smallest absolute Gasteiger partial charge is 0.253 e. The van der Waals surface area contributed by atoms with Gasteiger partial charge in [0.1, 0.15) is 12.1 Å². The van der Waals surface area contributed by atoms with Gasteiger partial charge in [0, 0.05) is 55.8 Å². The number of rotatable bonds is 23. The van der Waals surface area contributed by atoms with Crippen molar-refractivity contribution in [3.05, 3.63) is 131 Å². The molecule has 2 heterocycles. The summed E-state index contributed by atoms with van der Waals surface area (Å²) in [5.74, 6) is -0.690. The summed E-state index contributed by atoms with van der Waals surface area (Å²) >= 11 is 0. The van der Waals surface area contributed by atoms with Gasteiger partial charge < -0.3 is 50.3 Å². The van der Waals surface area contributed by atoms with Gasteiger partial charge in [-0.05, 0) is 119 Å². The molecule has 0 radical (unpaired) electrons. The van der Waals surface area contributed by atoms with E-state index in [-0.39, 0.29) is 84.9 Å². The molecule has 3 saturated carbocycles. The average molecular weight is 1110 g/mol. The molecule has 436 valence electrons. The van der Waals surface area contributed by atoms with Crippen LogP contribution in [0.2, 0.25) is 0 Å². The number of fused-ring (bicyclic) bond motifs is 1. The SMILES string of the molecule is CN[C@@H](C)C(=O)N[C@H](C(=O)N1CCOC[C@H]1CN(CCc1ccccc1)C(=O)C1=CC2CC2(c2ccc(C(=O)N(CCc3ccccc3)C[C@@H]3COCCN3C(=O)[C@@H](NC(=O)[C@H](C)NC)C3CCCCC3)cc2)C=C1)C1CCCCC1. The highest BCUT2D eigenvalue weighted by molar-refractivity contribution is 5.97. The molecular formula is C65H88N8O8. The lowest BCUT2D eigenvalue weighted by Crippen LogP contribution is -2.61. The Kier molecular flexibility index (Phi) is 20.7. The Morgan fingerprint density at radius 2 is 1.06 bits per heavy atom. The third kappa shape index (κ3) is 14.7. The van der Waals surface area contributed by atoms with E-state index in [1.807, 2.05) is 86.3 Å². The van der Waals surface area contributed by atoms with Crippen LogP contribution in [0.5, 0.6) is 0 Å². The lowest BCUT2D eigenvalue weighted by molar-refractivity contribution is -0.148. The second kappa shape index (κ2) is 28.2. The molecule has 4 aliphatic carbocycles. The normalized spacial score (nSPS) is 23.7. The zero-order chi connectivity index (χ0) is 56.9. The van der Waals surface area contributed by atoms with Gasteiger partial charge in [-0.2, -0.15) is 0 Å². The van der Waals surface area contributed by atoms with Crippen LogP contribution in [0.4, 0.5) is 0 Å². The minimum atomic E-state index is -0.657. The molecule has 16 heteroatoms. The number of allylic oxidation sites excluding steroid dienone is 2. The molecule has 81 heavy (non-hydrogen) atoms. The van der Waals surface area contributed by atoms with E-state index >= 15 is 0 Å². The second-order valence-electron chi connectivity index (χ2n) is 23.7. The molecule has 9 rings (SSSR count). The monoisotopic (exact) mass is 1110 g/mol. The largest absolute Gasteiger partial charge is 0.377 e. The van der Waals surface area contributed by atoms with Gasteiger partial charge in [-0.25, -0.2) is 0 Å². The van der Waals surface area contributed by atoms with E-state index in [9.17, 15) is 28.8 Å². The van der Waals surface area contributed by atoms with Crippen molar-refractivity contribution in [2.24, 2.45) is 17.8 Å². The lowest BCUT2D eigenvalue weighted by Gasteiger charge is -2.42. The zero-order valence-corrected chi connectivity index (χ0v) is 48.3. The maximum atomic E-state index is 14.9. The Bertz CT molecular complexity index is 2670.